The summed E-state index contributed by atoms with van der Waals surface area (Å²) < 4.78 is 5.13. The molecule has 0 bridgehead atoms. The van der Waals surface area contributed by atoms with Gasteiger partial charge in [-0.05, 0) is 32.1 Å². The molecular weight excluding hydrogens is 208 g/mol. The van der Waals surface area contributed by atoms with Crippen molar-refractivity contribution < 1.29 is 19.4 Å². The third kappa shape index (κ3) is 2.54. The largest absolute Gasteiger partial charge is 0.481 e. The van der Waals surface area contributed by atoms with Gasteiger partial charge in [0.05, 0.1) is 17.9 Å². The SMILES string of the molecule is CC(C)OC(=O)C1C(C)CC(C)C1C(=O)O. The smallest absolute Gasteiger partial charge is 0.310 e. The van der Waals surface area contributed by atoms with E-state index in [9.17, 15) is 9.59 Å². The number of esters is 1. The molecule has 0 spiro atoms. The van der Waals surface area contributed by atoms with E-state index in [0.717, 1.165) is 6.42 Å². The molecule has 16 heavy (non-hydrogen) atoms. The summed E-state index contributed by atoms with van der Waals surface area (Å²) in [5.41, 5.74) is 0. The summed E-state index contributed by atoms with van der Waals surface area (Å²) in [6.07, 6.45) is 0.583. The number of hydrogen-bond acceptors (Lipinski definition) is 3. The van der Waals surface area contributed by atoms with Gasteiger partial charge in [0.1, 0.15) is 0 Å². The first-order valence-electron chi connectivity index (χ1n) is 5.77. The fourth-order valence-corrected chi connectivity index (χ4v) is 2.67. The predicted octanol–water partition coefficient (Wildman–Crippen LogP) is 1.93. The molecule has 0 saturated heterocycles. The second-order valence-electron chi connectivity index (χ2n) is 5.07. The molecule has 1 aliphatic rings. The first-order valence-corrected chi connectivity index (χ1v) is 5.77. The van der Waals surface area contributed by atoms with E-state index in [2.05, 4.69) is 0 Å². The van der Waals surface area contributed by atoms with Crippen LogP contribution in [0.2, 0.25) is 0 Å². The Hall–Kier alpha value is -1.06. The van der Waals surface area contributed by atoms with Crippen LogP contribution in [0.1, 0.15) is 34.1 Å². The maximum absolute atomic E-state index is 11.8. The monoisotopic (exact) mass is 228 g/mol. The topological polar surface area (TPSA) is 63.6 Å². The lowest BCUT2D eigenvalue weighted by molar-refractivity contribution is -0.161. The third-order valence-electron chi connectivity index (χ3n) is 3.27. The average Bonchev–Trinajstić information content (AvgIpc) is 2.39. The van der Waals surface area contributed by atoms with E-state index < -0.39 is 17.8 Å². The number of carbonyl (C=O) groups is 2. The lowest BCUT2D eigenvalue weighted by Crippen LogP contribution is -2.33. The van der Waals surface area contributed by atoms with Crippen LogP contribution in [0, 0.1) is 23.7 Å². The van der Waals surface area contributed by atoms with Gasteiger partial charge in [-0.1, -0.05) is 13.8 Å². The van der Waals surface area contributed by atoms with Gasteiger partial charge in [-0.2, -0.15) is 0 Å². The molecule has 1 rings (SSSR count). The molecule has 0 aromatic carbocycles. The van der Waals surface area contributed by atoms with Crippen molar-refractivity contribution in [1.82, 2.24) is 0 Å². The van der Waals surface area contributed by atoms with Crippen molar-refractivity contribution in [3.05, 3.63) is 0 Å². The van der Waals surface area contributed by atoms with E-state index in [4.69, 9.17) is 9.84 Å². The number of carbonyl (C=O) groups excluding carboxylic acids is 1. The van der Waals surface area contributed by atoms with Crippen molar-refractivity contribution in [2.75, 3.05) is 0 Å². The molecule has 0 amide bonds. The molecule has 0 radical (unpaired) electrons. The van der Waals surface area contributed by atoms with E-state index >= 15 is 0 Å². The number of carboxylic acids is 1. The Balaban J connectivity index is 2.82. The van der Waals surface area contributed by atoms with E-state index in [1.807, 2.05) is 13.8 Å². The van der Waals surface area contributed by atoms with Gasteiger partial charge >= 0.3 is 11.9 Å². The van der Waals surface area contributed by atoms with E-state index in [1.54, 1.807) is 13.8 Å². The molecule has 0 heterocycles. The van der Waals surface area contributed by atoms with Crippen molar-refractivity contribution in [2.45, 2.75) is 40.2 Å². The van der Waals surface area contributed by atoms with Crippen LogP contribution in [-0.4, -0.2) is 23.1 Å². The highest BCUT2D eigenvalue weighted by Gasteiger charge is 2.48. The highest BCUT2D eigenvalue weighted by molar-refractivity contribution is 5.82. The van der Waals surface area contributed by atoms with Gasteiger partial charge in [-0.3, -0.25) is 9.59 Å². The minimum Gasteiger partial charge on any atom is -0.481 e. The molecule has 4 unspecified atom stereocenters. The number of hydrogen-bond donors (Lipinski definition) is 1. The number of rotatable bonds is 3. The average molecular weight is 228 g/mol. The van der Waals surface area contributed by atoms with Gasteiger partial charge in [0, 0.05) is 0 Å². The van der Waals surface area contributed by atoms with Crippen molar-refractivity contribution in [3.63, 3.8) is 0 Å². The third-order valence-corrected chi connectivity index (χ3v) is 3.27. The fraction of sp³-hybridized carbons (Fsp3) is 0.833. The second-order valence-corrected chi connectivity index (χ2v) is 5.07. The van der Waals surface area contributed by atoms with Crippen LogP contribution < -0.4 is 0 Å². The minimum absolute atomic E-state index is 0.0391. The number of ether oxygens (including phenoxy) is 1. The van der Waals surface area contributed by atoms with Crippen molar-refractivity contribution >= 4 is 11.9 Å². The Morgan fingerprint density at radius 3 is 2.12 bits per heavy atom. The first kappa shape index (κ1) is 13.0. The van der Waals surface area contributed by atoms with Crippen molar-refractivity contribution in [1.29, 1.82) is 0 Å². The molecule has 1 N–H and O–H groups in total. The van der Waals surface area contributed by atoms with Crippen LogP contribution in [0.5, 0.6) is 0 Å². The predicted molar refractivity (Wildman–Crippen MR) is 58.8 cm³/mol. The van der Waals surface area contributed by atoms with Crippen LogP contribution in [0.3, 0.4) is 0 Å². The summed E-state index contributed by atoms with van der Waals surface area (Å²) in [6, 6.07) is 0. The van der Waals surface area contributed by atoms with Crippen LogP contribution in [0.4, 0.5) is 0 Å². The van der Waals surface area contributed by atoms with E-state index in [0.29, 0.717) is 0 Å². The molecule has 1 aliphatic carbocycles. The lowest BCUT2D eigenvalue weighted by atomic mass is 9.88. The normalized spacial score (nSPS) is 34.1. The molecule has 0 aliphatic heterocycles. The molecule has 0 aromatic rings. The Kier molecular flexibility index (Phi) is 3.94. The Bertz CT molecular complexity index is 285. The maximum Gasteiger partial charge on any atom is 0.310 e. The fourth-order valence-electron chi connectivity index (χ4n) is 2.67. The Labute approximate surface area is 96.0 Å². The van der Waals surface area contributed by atoms with Gasteiger partial charge < -0.3 is 9.84 Å². The van der Waals surface area contributed by atoms with Crippen molar-refractivity contribution in [3.8, 4) is 0 Å². The maximum atomic E-state index is 11.8. The zero-order chi connectivity index (χ0) is 12.5. The molecule has 92 valence electrons. The highest BCUT2D eigenvalue weighted by atomic mass is 16.5. The molecule has 4 nitrogen and oxygen atoms in total. The Morgan fingerprint density at radius 1 is 1.19 bits per heavy atom. The van der Waals surface area contributed by atoms with Gasteiger partial charge in [0.25, 0.3) is 0 Å². The van der Waals surface area contributed by atoms with Gasteiger partial charge in [-0.25, -0.2) is 0 Å². The van der Waals surface area contributed by atoms with Crippen LogP contribution in [0.25, 0.3) is 0 Å². The second kappa shape index (κ2) is 4.85. The van der Waals surface area contributed by atoms with Crippen molar-refractivity contribution in [2.24, 2.45) is 23.7 Å². The first-order chi connectivity index (χ1) is 7.34. The molecule has 4 atom stereocenters. The summed E-state index contributed by atoms with van der Waals surface area (Å²) in [4.78, 5) is 23.0. The van der Waals surface area contributed by atoms with Gasteiger partial charge in [0.15, 0.2) is 0 Å². The Morgan fingerprint density at radius 2 is 1.69 bits per heavy atom. The van der Waals surface area contributed by atoms with Crippen LogP contribution in [-0.2, 0) is 14.3 Å². The summed E-state index contributed by atoms with van der Waals surface area (Å²) in [5, 5.41) is 9.15. The van der Waals surface area contributed by atoms with Gasteiger partial charge in [0.2, 0.25) is 0 Å². The molecule has 1 fully saturated rings. The zero-order valence-corrected chi connectivity index (χ0v) is 10.3. The molecule has 4 heteroatoms. The zero-order valence-electron chi connectivity index (χ0n) is 10.3. The van der Waals surface area contributed by atoms with Gasteiger partial charge in [-0.15, -0.1) is 0 Å². The summed E-state index contributed by atoms with van der Waals surface area (Å²) in [6.45, 7) is 7.36. The summed E-state index contributed by atoms with van der Waals surface area (Å²) in [7, 11) is 0. The summed E-state index contributed by atoms with van der Waals surface area (Å²) in [5.74, 6) is -2.21. The highest BCUT2D eigenvalue weighted by Crippen LogP contribution is 2.42. The molecule has 0 aromatic heterocycles. The van der Waals surface area contributed by atoms with Crippen LogP contribution in [0.15, 0.2) is 0 Å². The molecule has 1 saturated carbocycles. The number of aliphatic carboxylic acids is 1. The molecular formula is C12H20O4. The quantitative estimate of drug-likeness (QED) is 0.750. The summed E-state index contributed by atoms with van der Waals surface area (Å²) >= 11 is 0. The van der Waals surface area contributed by atoms with E-state index in [1.165, 1.54) is 0 Å². The number of carboxylic acid groups (broad SMARTS) is 1. The lowest BCUT2D eigenvalue weighted by Gasteiger charge is -2.21. The van der Waals surface area contributed by atoms with Crippen LogP contribution >= 0.6 is 0 Å². The standard InChI is InChI=1S/C12H20O4/c1-6(2)16-12(15)10-8(4)5-7(3)9(10)11(13)14/h6-10H,5H2,1-4H3,(H,13,14). The van der Waals surface area contributed by atoms with E-state index in [-0.39, 0.29) is 23.9 Å². The minimum atomic E-state index is -0.887.